The largest absolute Gasteiger partial charge is 0.320 e. The average molecular weight is 179 g/mol. The first-order chi connectivity index (χ1) is 6.24. The van der Waals surface area contributed by atoms with E-state index in [1.807, 2.05) is 38.2 Å². The molecule has 0 fully saturated rings. The Labute approximate surface area is 80.0 Å². The molecule has 0 bridgehead atoms. The van der Waals surface area contributed by atoms with E-state index in [1.54, 1.807) is 0 Å². The standard InChI is InChI=1S/C8H8O.C3H9N/c1-7-2-4-8(6-9)5-3-7;1-3-4-2/h2-6H,1H3;4H,3H2,1-2H3. The van der Waals surface area contributed by atoms with Crippen LogP contribution < -0.4 is 5.32 Å². The average Bonchev–Trinajstić information content (AvgIpc) is 2.19. The molecule has 0 unspecified atom stereocenters. The minimum absolute atomic E-state index is 0.737. The van der Waals surface area contributed by atoms with Crippen molar-refractivity contribution in [1.29, 1.82) is 0 Å². The second kappa shape index (κ2) is 7.50. The molecule has 2 nitrogen and oxygen atoms in total. The van der Waals surface area contributed by atoms with E-state index >= 15 is 0 Å². The Morgan fingerprint density at radius 1 is 1.31 bits per heavy atom. The lowest BCUT2D eigenvalue weighted by molar-refractivity contribution is 0.112. The molecule has 1 aromatic rings. The van der Waals surface area contributed by atoms with Gasteiger partial charge in [0.15, 0.2) is 0 Å². The number of aryl methyl sites for hydroxylation is 1. The van der Waals surface area contributed by atoms with Crippen molar-refractivity contribution in [3.63, 3.8) is 0 Å². The fraction of sp³-hybridized carbons (Fsp3) is 0.364. The van der Waals surface area contributed by atoms with E-state index in [4.69, 9.17) is 0 Å². The molecule has 0 aliphatic heterocycles. The minimum atomic E-state index is 0.737. The van der Waals surface area contributed by atoms with Crippen molar-refractivity contribution in [2.75, 3.05) is 13.6 Å². The van der Waals surface area contributed by atoms with Crippen LogP contribution in [0.5, 0.6) is 0 Å². The van der Waals surface area contributed by atoms with E-state index in [2.05, 4.69) is 12.2 Å². The number of carbonyl (C=O) groups is 1. The summed E-state index contributed by atoms with van der Waals surface area (Å²) in [5, 5.41) is 2.93. The molecule has 0 spiro atoms. The maximum absolute atomic E-state index is 10.1. The van der Waals surface area contributed by atoms with Crippen LogP contribution in [0, 0.1) is 6.92 Å². The fourth-order valence-electron chi connectivity index (χ4n) is 0.645. The van der Waals surface area contributed by atoms with Crippen LogP contribution in [-0.4, -0.2) is 19.9 Å². The highest BCUT2D eigenvalue weighted by molar-refractivity contribution is 5.74. The fourth-order valence-corrected chi connectivity index (χ4v) is 0.645. The summed E-state index contributed by atoms with van der Waals surface area (Å²) < 4.78 is 0. The Hall–Kier alpha value is -1.15. The van der Waals surface area contributed by atoms with Crippen molar-refractivity contribution in [3.05, 3.63) is 35.4 Å². The third-order valence-electron chi connectivity index (χ3n) is 1.57. The van der Waals surface area contributed by atoms with Crippen molar-refractivity contribution in [3.8, 4) is 0 Å². The molecule has 0 saturated heterocycles. The van der Waals surface area contributed by atoms with Gasteiger partial charge >= 0.3 is 0 Å². The van der Waals surface area contributed by atoms with Crippen LogP contribution in [0.2, 0.25) is 0 Å². The quantitative estimate of drug-likeness (QED) is 0.704. The number of hydrogen-bond donors (Lipinski definition) is 1. The van der Waals surface area contributed by atoms with Crippen LogP contribution in [0.3, 0.4) is 0 Å². The maximum atomic E-state index is 10.1. The minimum Gasteiger partial charge on any atom is -0.320 e. The first-order valence-electron chi connectivity index (χ1n) is 4.41. The molecule has 0 amide bonds. The number of nitrogens with one attached hydrogen (secondary N) is 1. The van der Waals surface area contributed by atoms with Crippen molar-refractivity contribution < 1.29 is 4.79 Å². The number of benzene rings is 1. The first-order valence-corrected chi connectivity index (χ1v) is 4.41. The second-order valence-corrected chi connectivity index (χ2v) is 2.74. The molecule has 13 heavy (non-hydrogen) atoms. The van der Waals surface area contributed by atoms with E-state index in [-0.39, 0.29) is 0 Å². The monoisotopic (exact) mass is 179 g/mol. The molecule has 1 aromatic carbocycles. The first kappa shape index (κ1) is 11.8. The Balaban J connectivity index is 0.000000310. The summed E-state index contributed by atoms with van der Waals surface area (Å²) in [5.41, 5.74) is 1.92. The Morgan fingerprint density at radius 2 is 1.77 bits per heavy atom. The normalized spacial score (nSPS) is 8.54. The molecule has 0 radical (unpaired) electrons. The zero-order valence-electron chi connectivity index (χ0n) is 8.50. The summed E-state index contributed by atoms with van der Waals surface area (Å²) in [6.07, 6.45) is 0.847. The van der Waals surface area contributed by atoms with E-state index in [0.717, 1.165) is 18.4 Å². The SMILES string of the molecule is CCNC.Cc1ccc(C=O)cc1. The third kappa shape index (κ3) is 6.05. The van der Waals surface area contributed by atoms with Gasteiger partial charge in [-0.3, -0.25) is 4.79 Å². The number of hydrogen-bond acceptors (Lipinski definition) is 2. The van der Waals surface area contributed by atoms with Gasteiger partial charge < -0.3 is 5.32 Å². The zero-order chi connectivity index (χ0) is 10.1. The van der Waals surface area contributed by atoms with Crippen molar-refractivity contribution >= 4 is 6.29 Å². The van der Waals surface area contributed by atoms with Gasteiger partial charge in [0.2, 0.25) is 0 Å². The molecule has 2 heteroatoms. The van der Waals surface area contributed by atoms with E-state index < -0.39 is 0 Å². The van der Waals surface area contributed by atoms with Crippen LogP contribution in [-0.2, 0) is 0 Å². The predicted molar refractivity (Wildman–Crippen MR) is 56.2 cm³/mol. The lowest BCUT2D eigenvalue weighted by atomic mass is 10.2. The van der Waals surface area contributed by atoms with Crippen molar-refractivity contribution in [1.82, 2.24) is 5.32 Å². The molecular formula is C11H17NO. The van der Waals surface area contributed by atoms with Gasteiger partial charge in [-0.25, -0.2) is 0 Å². The molecule has 0 aromatic heterocycles. The van der Waals surface area contributed by atoms with Gasteiger partial charge in [0.1, 0.15) is 6.29 Å². The van der Waals surface area contributed by atoms with E-state index in [9.17, 15) is 4.79 Å². The van der Waals surface area contributed by atoms with Gasteiger partial charge in [0.05, 0.1) is 0 Å². The number of rotatable bonds is 2. The summed E-state index contributed by atoms with van der Waals surface area (Å²) in [5.74, 6) is 0. The molecule has 72 valence electrons. The van der Waals surface area contributed by atoms with Gasteiger partial charge in [0.25, 0.3) is 0 Å². The third-order valence-corrected chi connectivity index (χ3v) is 1.57. The Bertz CT molecular complexity index is 226. The van der Waals surface area contributed by atoms with E-state index in [0.29, 0.717) is 0 Å². The lowest BCUT2D eigenvalue weighted by Crippen LogP contribution is -2.01. The summed E-state index contributed by atoms with van der Waals surface area (Å²) in [6.45, 7) is 5.13. The molecule has 0 aliphatic rings. The highest BCUT2D eigenvalue weighted by Crippen LogP contribution is 1.98. The summed E-state index contributed by atoms with van der Waals surface area (Å²) in [4.78, 5) is 10.1. The molecular weight excluding hydrogens is 162 g/mol. The van der Waals surface area contributed by atoms with Crippen LogP contribution in [0.1, 0.15) is 22.8 Å². The van der Waals surface area contributed by atoms with Crippen LogP contribution in [0.15, 0.2) is 24.3 Å². The molecule has 0 heterocycles. The zero-order valence-corrected chi connectivity index (χ0v) is 8.50. The molecule has 1 rings (SSSR count). The van der Waals surface area contributed by atoms with Gasteiger partial charge in [-0.05, 0) is 20.5 Å². The molecule has 1 N–H and O–H groups in total. The molecule has 0 atom stereocenters. The lowest BCUT2D eigenvalue weighted by Gasteiger charge is -1.89. The van der Waals surface area contributed by atoms with Crippen molar-refractivity contribution in [2.24, 2.45) is 0 Å². The van der Waals surface area contributed by atoms with Crippen LogP contribution in [0.25, 0.3) is 0 Å². The topological polar surface area (TPSA) is 29.1 Å². The van der Waals surface area contributed by atoms with Gasteiger partial charge in [-0.2, -0.15) is 0 Å². The highest BCUT2D eigenvalue weighted by Gasteiger charge is 1.85. The molecule has 0 aliphatic carbocycles. The van der Waals surface area contributed by atoms with Crippen LogP contribution in [0.4, 0.5) is 0 Å². The van der Waals surface area contributed by atoms with E-state index in [1.165, 1.54) is 5.56 Å². The smallest absolute Gasteiger partial charge is 0.150 e. The number of carbonyl (C=O) groups excluding carboxylic acids is 1. The highest BCUT2D eigenvalue weighted by atomic mass is 16.1. The Morgan fingerprint density at radius 3 is 2.08 bits per heavy atom. The van der Waals surface area contributed by atoms with Gasteiger partial charge in [0, 0.05) is 5.56 Å². The summed E-state index contributed by atoms with van der Waals surface area (Å²) in [7, 11) is 1.93. The molecule has 0 saturated carbocycles. The van der Waals surface area contributed by atoms with Crippen molar-refractivity contribution in [2.45, 2.75) is 13.8 Å². The predicted octanol–water partition coefficient (Wildman–Crippen LogP) is 2.03. The number of aldehydes is 1. The second-order valence-electron chi connectivity index (χ2n) is 2.74. The van der Waals surface area contributed by atoms with Crippen LogP contribution >= 0.6 is 0 Å². The maximum Gasteiger partial charge on any atom is 0.150 e. The van der Waals surface area contributed by atoms with Gasteiger partial charge in [-0.15, -0.1) is 0 Å². The summed E-state index contributed by atoms with van der Waals surface area (Å²) in [6, 6.07) is 7.46. The Kier molecular flexibility index (Phi) is 6.83. The summed E-state index contributed by atoms with van der Waals surface area (Å²) >= 11 is 0. The van der Waals surface area contributed by atoms with Gasteiger partial charge in [-0.1, -0.05) is 36.8 Å².